The number of Topliss-reactive ketones (excluding diaryl/α,β-unsaturated/α-hetero) is 1. The molecule has 18 heavy (non-hydrogen) atoms. The molecule has 0 radical (unpaired) electrons. The molecule has 0 unspecified atom stereocenters. The number of carbonyl (C=O) groups is 1. The lowest BCUT2D eigenvalue weighted by molar-refractivity contribution is -0.0566. The van der Waals surface area contributed by atoms with Gasteiger partial charge in [0.2, 0.25) is 0 Å². The van der Waals surface area contributed by atoms with Crippen molar-refractivity contribution in [3.05, 3.63) is 29.8 Å². The third-order valence-electron chi connectivity index (χ3n) is 2.83. The first-order valence-electron chi connectivity index (χ1n) is 5.88. The highest BCUT2D eigenvalue weighted by molar-refractivity contribution is 7.99. The molecule has 3 nitrogen and oxygen atoms in total. The van der Waals surface area contributed by atoms with Gasteiger partial charge in [-0.25, -0.2) is 0 Å². The van der Waals surface area contributed by atoms with Gasteiger partial charge in [0, 0.05) is 15.7 Å². The normalized spacial score (nSPS) is 17.0. The Hall–Kier alpha value is -1.31. The van der Waals surface area contributed by atoms with Crippen molar-refractivity contribution in [2.24, 2.45) is 5.41 Å². The summed E-state index contributed by atoms with van der Waals surface area (Å²) in [7, 11) is 0. The van der Waals surface area contributed by atoms with Crippen LogP contribution in [0.2, 0.25) is 0 Å². The third kappa shape index (κ3) is 2.43. The van der Waals surface area contributed by atoms with Crippen LogP contribution in [-0.4, -0.2) is 24.2 Å². The summed E-state index contributed by atoms with van der Waals surface area (Å²) in [5.74, 6) is -0.127. The van der Waals surface area contributed by atoms with Crippen LogP contribution in [0.25, 0.3) is 0 Å². The molecule has 0 saturated carbocycles. The second-order valence-corrected chi connectivity index (χ2v) is 6.36. The van der Waals surface area contributed by atoms with Crippen LogP contribution < -0.4 is 0 Å². The summed E-state index contributed by atoms with van der Waals surface area (Å²) in [5.41, 5.74) is -0.361. The van der Waals surface area contributed by atoms with Gasteiger partial charge in [0.15, 0.2) is 11.2 Å². The topological polar surface area (TPSA) is 50.1 Å². The standard InChI is InChI=1S/C14H15NO2S/c1-10(2)18-12-5-3-11(4-6-12)13(16)14(7-15)8-17-9-14/h3-6,10H,8-9H2,1-2H3. The Bertz CT molecular complexity index is 484. The van der Waals surface area contributed by atoms with E-state index in [4.69, 9.17) is 10.00 Å². The Labute approximate surface area is 111 Å². The zero-order chi connectivity index (χ0) is 13.2. The van der Waals surface area contributed by atoms with Crippen LogP contribution in [0, 0.1) is 16.7 Å². The second-order valence-electron chi connectivity index (χ2n) is 4.71. The van der Waals surface area contributed by atoms with Gasteiger partial charge in [-0.1, -0.05) is 26.0 Å². The maximum Gasteiger partial charge on any atom is 0.187 e. The van der Waals surface area contributed by atoms with Crippen molar-refractivity contribution in [3.8, 4) is 6.07 Å². The number of rotatable bonds is 4. The molecule has 1 aromatic carbocycles. The number of thioether (sulfide) groups is 1. The Balaban J connectivity index is 2.15. The SMILES string of the molecule is CC(C)Sc1ccc(C(=O)C2(C#N)COC2)cc1. The average Bonchev–Trinajstić information content (AvgIpc) is 2.28. The van der Waals surface area contributed by atoms with Gasteiger partial charge in [-0.2, -0.15) is 5.26 Å². The molecule has 1 heterocycles. The van der Waals surface area contributed by atoms with Crippen LogP contribution in [0.1, 0.15) is 24.2 Å². The minimum atomic E-state index is -0.952. The summed E-state index contributed by atoms with van der Waals surface area (Å²) in [5, 5.41) is 9.60. The van der Waals surface area contributed by atoms with Crippen LogP contribution in [-0.2, 0) is 4.74 Å². The molecule has 0 bridgehead atoms. The van der Waals surface area contributed by atoms with E-state index in [-0.39, 0.29) is 19.0 Å². The highest BCUT2D eigenvalue weighted by Gasteiger charge is 2.46. The zero-order valence-corrected chi connectivity index (χ0v) is 11.3. The predicted octanol–water partition coefficient (Wildman–Crippen LogP) is 2.91. The number of ether oxygens (including phenoxy) is 1. The summed E-state index contributed by atoms with van der Waals surface area (Å²) < 4.78 is 5.00. The van der Waals surface area contributed by atoms with Gasteiger partial charge in [-0.3, -0.25) is 4.79 Å². The Kier molecular flexibility index (Phi) is 3.74. The van der Waals surface area contributed by atoms with Crippen molar-refractivity contribution in [2.45, 2.75) is 24.0 Å². The van der Waals surface area contributed by atoms with E-state index >= 15 is 0 Å². The van der Waals surface area contributed by atoms with E-state index in [0.717, 1.165) is 4.90 Å². The summed E-state index contributed by atoms with van der Waals surface area (Å²) in [6, 6.07) is 9.54. The number of nitrogens with zero attached hydrogens (tertiary/aromatic N) is 1. The fourth-order valence-corrected chi connectivity index (χ4v) is 2.62. The molecular formula is C14H15NO2S. The molecule has 0 aromatic heterocycles. The third-order valence-corrected chi connectivity index (χ3v) is 3.85. The second kappa shape index (κ2) is 5.13. The lowest BCUT2D eigenvalue weighted by Crippen LogP contribution is -2.47. The Morgan fingerprint density at radius 1 is 1.39 bits per heavy atom. The molecule has 1 aliphatic rings. The van der Waals surface area contributed by atoms with Gasteiger partial charge < -0.3 is 4.74 Å². The smallest absolute Gasteiger partial charge is 0.187 e. The molecule has 94 valence electrons. The van der Waals surface area contributed by atoms with E-state index < -0.39 is 5.41 Å². The Morgan fingerprint density at radius 3 is 2.39 bits per heavy atom. The molecule has 1 saturated heterocycles. The van der Waals surface area contributed by atoms with Crippen LogP contribution in [0.5, 0.6) is 0 Å². The van der Waals surface area contributed by atoms with Gasteiger partial charge in [0.1, 0.15) is 0 Å². The fourth-order valence-electron chi connectivity index (χ4n) is 1.79. The fraction of sp³-hybridized carbons (Fsp3) is 0.429. The maximum atomic E-state index is 12.2. The average molecular weight is 261 g/mol. The number of ketones is 1. The van der Waals surface area contributed by atoms with Gasteiger partial charge in [0.05, 0.1) is 19.3 Å². The number of nitriles is 1. The van der Waals surface area contributed by atoms with Crippen LogP contribution >= 0.6 is 11.8 Å². The van der Waals surface area contributed by atoms with Gasteiger partial charge in [-0.05, 0) is 12.1 Å². The molecule has 0 N–H and O–H groups in total. The molecule has 2 rings (SSSR count). The lowest BCUT2D eigenvalue weighted by Gasteiger charge is -2.33. The number of hydrogen-bond donors (Lipinski definition) is 0. The number of hydrogen-bond acceptors (Lipinski definition) is 4. The summed E-state index contributed by atoms with van der Waals surface area (Å²) in [6.45, 7) is 4.68. The van der Waals surface area contributed by atoms with Gasteiger partial charge in [0.25, 0.3) is 0 Å². The van der Waals surface area contributed by atoms with E-state index in [1.807, 2.05) is 12.1 Å². The van der Waals surface area contributed by atoms with E-state index in [1.54, 1.807) is 23.9 Å². The molecule has 1 aromatic rings. The molecule has 0 spiro atoms. The van der Waals surface area contributed by atoms with Crippen molar-refractivity contribution in [2.75, 3.05) is 13.2 Å². The quantitative estimate of drug-likeness (QED) is 0.617. The number of carbonyl (C=O) groups excluding carboxylic acids is 1. The molecule has 4 heteroatoms. The first-order chi connectivity index (χ1) is 8.57. The van der Waals surface area contributed by atoms with Gasteiger partial charge in [-0.15, -0.1) is 11.8 Å². The number of benzene rings is 1. The van der Waals surface area contributed by atoms with Crippen LogP contribution in [0.3, 0.4) is 0 Å². The largest absolute Gasteiger partial charge is 0.377 e. The highest BCUT2D eigenvalue weighted by atomic mass is 32.2. The minimum absolute atomic E-state index is 0.127. The summed E-state index contributed by atoms with van der Waals surface area (Å²) in [4.78, 5) is 13.3. The molecule has 1 fully saturated rings. The van der Waals surface area contributed by atoms with Crippen molar-refractivity contribution in [3.63, 3.8) is 0 Å². The van der Waals surface area contributed by atoms with Crippen molar-refractivity contribution >= 4 is 17.5 Å². The first kappa shape index (κ1) is 13.1. The van der Waals surface area contributed by atoms with Crippen LogP contribution in [0.15, 0.2) is 29.2 Å². The maximum absolute atomic E-state index is 12.2. The molecule has 1 aliphatic heterocycles. The summed E-state index contributed by atoms with van der Waals surface area (Å²) in [6.07, 6.45) is 0. The Morgan fingerprint density at radius 2 is 2.00 bits per heavy atom. The van der Waals surface area contributed by atoms with Crippen molar-refractivity contribution in [1.82, 2.24) is 0 Å². The van der Waals surface area contributed by atoms with E-state index in [2.05, 4.69) is 19.9 Å². The highest BCUT2D eigenvalue weighted by Crippen LogP contribution is 2.31. The van der Waals surface area contributed by atoms with Crippen molar-refractivity contribution in [1.29, 1.82) is 5.26 Å². The first-order valence-corrected chi connectivity index (χ1v) is 6.76. The molecule has 0 atom stereocenters. The monoisotopic (exact) mass is 261 g/mol. The zero-order valence-electron chi connectivity index (χ0n) is 10.5. The van der Waals surface area contributed by atoms with E-state index in [1.165, 1.54) is 0 Å². The molecule has 0 aliphatic carbocycles. The van der Waals surface area contributed by atoms with E-state index in [0.29, 0.717) is 10.8 Å². The minimum Gasteiger partial charge on any atom is -0.377 e. The van der Waals surface area contributed by atoms with Gasteiger partial charge >= 0.3 is 0 Å². The predicted molar refractivity (Wildman–Crippen MR) is 70.6 cm³/mol. The lowest BCUT2D eigenvalue weighted by atomic mass is 9.80. The summed E-state index contributed by atoms with van der Waals surface area (Å²) >= 11 is 1.75. The molecule has 0 amide bonds. The van der Waals surface area contributed by atoms with Crippen molar-refractivity contribution < 1.29 is 9.53 Å². The molecular weight excluding hydrogens is 246 g/mol. The van der Waals surface area contributed by atoms with Crippen LogP contribution in [0.4, 0.5) is 0 Å². The van der Waals surface area contributed by atoms with E-state index in [9.17, 15) is 4.79 Å².